The molecule has 4 heterocycles. The highest BCUT2D eigenvalue weighted by atomic mass is 19.1. The molecule has 0 fully saturated rings. The first-order valence-corrected chi connectivity index (χ1v) is 12.3. The molecule has 0 amide bonds. The predicted octanol–water partition coefficient (Wildman–Crippen LogP) is 4.93. The molecule has 4 aromatic heterocycles. The van der Waals surface area contributed by atoms with Crippen molar-refractivity contribution in [2.24, 2.45) is 0 Å². The van der Waals surface area contributed by atoms with Gasteiger partial charge in [-0.2, -0.15) is 10.1 Å². The average Bonchev–Trinajstić information content (AvgIpc) is 3.59. The molecule has 0 bridgehead atoms. The molecule has 0 saturated heterocycles. The third kappa shape index (κ3) is 5.33. The minimum absolute atomic E-state index is 0.00461. The Kier molecular flexibility index (Phi) is 7.05. The van der Waals surface area contributed by atoms with Gasteiger partial charge >= 0.3 is 0 Å². The summed E-state index contributed by atoms with van der Waals surface area (Å²) in [6, 6.07) is 18.0. The maximum atomic E-state index is 14.4. The van der Waals surface area contributed by atoms with Crippen LogP contribution in [0.2, 0.25) is 0 Å². The maximum absolute atomic E-state index is 14.4. The van der Waals surface area contributed by atoms with Crippen LogP contribution in [0.1, 0.15) is 17.3 Å². The van der Waals surface area contributed by atoms with Crippen molar-refractivity contribution in [1.29, 1.82) is 0 Å². The molecular weight excluding hydrogens is 515 g/mol. The minimum Gasteiger partial charge on any atom is -0.478 e. The Morgan fingerprint density at radius 3 is 2.65 bits per heavy atom. The van der Waals surface area contributed by atoms with Crippen molar-refractivity contribution < 1.29 is 18.4 Å². The largest absolute Gasteiger partial charge is 0.478 e. The van der Waals surface area contributed by atoms with Crippen molar-refractivity contribution in [1.82, 2.24) is 34.9 Å². The zero-order chi connectivity index (χ0) is 27.3. The van der Waals surface area contributed by atoms with Gasteiger partial charge in [-0.3, -0.25) is 9.67 Å². The van der Waals surface area contributed by atoms with Crippen LogP contribution in [0.5, 0.6) is 5.75 Å². The number of hydrogen-bond donors (Lipinski definition) is 1. The van der Waals surface area contributed by atoms with Gasteiger partial charge in [0.2, 0.25) is 0 Å². The molecule has 40 heavy (non-hydrogen) atoms. The van der Waals surface area contributed by atoms with E-state index in [1.165, 1.54) is 6.07 Å². The molecule has 0 aliphatic heterocycles. The Labute approximate surface area is 227 Å². The topological polar surface area (TPSA) is 126 Å². The Balaban J connectivity index is 1.36. The maximum Gasteiger partial charge on any atom is 0.264 e. The Bertz CT molecular complexity index is 1760. The number of methoxy groups -OCH3 is 1. The average molecular weight is 539 g/mol. The molecule has 0 aliphatic rings. The van der Waals surface area contributed by atoms with Crippen LogP contribution < -0.4 is 10.1 Å². The van der Waals surface area contributed by atoms with Crippen LogP contribution >= 0.6 is 0 Å². The highest BCUT2D eigenvalue weighted by Gasteiger charge is 2.19. The lowest BCUT2D eigenvalue weighted by Crippen LogP contribution is -2.05. The first-order valence-electron chi connectivity index (χ1n) is 12.3. The number of pyridine rings is 1. The minimum atomic E-state index is -0.291. The van der Waals surface area contributed by atoms with Crippen LogP contribution in [0.15, 0.2) is 83.8 Å². The second-order valence-corrected chi connectivity index (χ2v) is 8.71. The van der Waals surface area contributed by atoms with Crippen molar-refractivity contribution >= 4 is 22.4 Å². The summed E-state index contributed by atoms with van der Waals surface area (Å²) in [4.78, 5) is 17.6. The number of nitrogens with one attached hydrogen (secondary N) is 1. The zero-order valence-electron chi connectivity index (χ0n) is 21.4. The Morgan fingerprint density at radius 1 is 0.975 bits per heavy atom. The molecule has 0 radical (unpaired) electrons. The number of para-hydroxylation sites is 1. The van der Waals surface area contributed by atoms with E-state index in [9.17, 15) is 4.39 Å². The Morgan fingerprint density at radius 2 is 1.80 bits per heavy atom. The molecule has 200 valence electrons. The first kappa shape index (κ1) is 25.1. The van der Waals surface area contributed by atoms with Crippen molar-refractivity contribution in [2.75, 3.05) is 12.4 Å². The molecule has 0 atom stereocenters. The smallest absolute Gasteiger partial charge is 0.264 e. The van der Waals surface area contributed by atoms with Crippen molar-refractivity contribution in [3.63, 3.8) is 0 Å². The third-order valence-corrected chi connectivity index (χ3v) is 5.98. The molecule has 11 nitrogen and oxygen atoms in total. The zero-order valence-corrected chi connectivity index (χ0v) is 21.4. The summed E-state index contributed by atoms with van der Waals surface area (Å²) in [6.45, 7) is 0.490. The number of benzene rings is 2. The number of anilines is 2. The van der Waals surface area contributed by atoms with E-state index in [-0.39, 0.29) is 31.5 Å². The van der Waals surface area contributed by atoms with Crippen LogP contribution in [0, 0.1) is 5.82 Å². The lowest BCUT2D eigenvalue weighted by atomic mass is 10.2. The normalized spacial score (nSPS) is 11.2. The number of hydrogen-bond acceptors (Lipinski definition) is 10. The molecule has 12 heteroatoms. The van der Waals surface area contributed by atoms with Gasteiger partial charge in [-0.25, -0.2) is 14.4 Å². The molecule has 0 aliphatic carbocycles. The standard InChI is InChI=1S/C28H23FN8O3/c1-38-16-24-33-25(40-36-24)17-39-23-14-31-28(34-27(23)32-19-10-12-30-13-11-19)26-20-7-3-5-9-22(20)37(35-26)15-18-6-2-4-8-21(18)29/h2-14H,15-17H2,1H3,(H,30,31,32,34). The third-order valence-electron chi connectivity index (χ3n) is 5.98. The lowest BCUT2D eigenvalue weighted by Gasteiger charge is -2.12. The number of nitrogens with zero attached hydrogens (tertiary/aromatic N) is 7. The van der Waals surface area contributed by atoms with Gasteiger partial charge in [0.1, 0.15) is 18.1 Å². The number of fused-ring (bicyclic) bond motifs is 1. The van der Waals surface area contributed by atoms with E-state index >= 15 is 0 Å². The van der Waals surface area contributed by atoms with E-state index in [1.807, 2.05) is 24.3 Å². The molecule has 2 aromatic carbocycles. The van der Waals surface area contributed by atoms with Gasteiger partial charge < -0.3 is 19.3 Å². The fraction of sp³-hybridized carbons (Fsp3) is 0.143. The molecule has 0 spiro atoms. The van der Waals surface area contributed by atoms with Gasteiger partial charge in [0.05, 0.1) is 18.3 Å². The van der Waals surface area contributed by atoms with Gasteiger partial charge in [-0.15, -0.1) is 0 Å². The summed E-state index contributed by atoms with van der Waals surface area (Å²) in [5, 5.41) is 12.7. The van der Waals surface area contributed by atoms with Crippen LogP contribution in [0.25, 0.3) is 22.4 Å². The summed E-state index contributed by atoms with van der Waals surface area (Å²) in [6.07, 6.45) is 4.89. The summed E-state index contributed by atoms with van der Waals surface area (Å²) in [7, 11) is 1.55. The SMILES string of the molecule is COCc1noc(COc2cnc(-c3nn(Cc4ccccc4F)c4ccccc34)nc2Nc2ccncc2)n1. The molecular formula is C28H23FN8O3. The molecule has 6 aromatic rings. The van der Waals surface area contributed by atoms with Crippen LogP contribution in [0.4, 0.5) is 15.9 Å². The van der Waals surface area contributed by atoms with Crippen LogP contribution in [0.3, 0.4) is 0 Å². The lowest BCUT2D eigenvalue weighted by molar-refractivity contribution is 0.174. The highest BCUT2D eigenvalue weighted by molar-refractivity contribution is 5.92. The predicted molar refractivity (Wildman–Crippen MR) is 143 cm³/mol. The van der Waals surface area contributed by atoms with Crippen LogP contribution in [-0.2, 0) is 24.5 Å². The van der Waals surface area contributed by atoms with E-state index in [2.05, 4.69) is 25.4 Å². The number of ether oxygens (including phenoxy) is 2. The molecule has 6 rings (SSSR count). The summed E-state index contributed by atoms with van der Waals surface area (Å²) in [5.74, 6) is 1.54. The second kappa shape index (κ2) is 11.3. The monoisotopic (exact) mass is 538 g/mol. The Hall–Kier alpha value is -5.23. The molecule has 0 unspecified atom stereocenters. The fourth-order valence-electron chi connectivity index (χ4n) is 4.13. The summed E-state index contributed by atoms with van der Waals surface area (Å²) >= 11 is 0. The van der Waals surface area contributed by atoms with Crippen molar-refractivity contribution in [3.05, 3.63) is 102 Å². The highest BCUT2D eigenvalue weighted by Crippen LogP contribution is 2.31. The number of rotatable bonds is 10. The van der Waals surface area contributed by atoms with Gasteiger partial charge in [0.15, 0.2) is 29.8 Å². The summed E-state index contributed by atoms with van der Waals surface area (Å²) < 4.78 is 32.4. The van der Waals surface area contributed by atoms with E-state index in [1.54, 1.807) is 60.7 Å². The van der Waals surface area contributed by atoms with E-state index in [0.29, 0.717) is 34.5 Å². The van der Waals surface area contributed by atoms with Gasteiger partial charge in [0, 0.05) is 36.1 Å². The van der Waals surface area contributed by atoms with E-state index < -0.39 is 0 Å². The molecule has 1 N–H and O–H groups in total. The number of halogens is 1. The van der Waals surface area contributed by atoms with Gasteiger partial charge in [-0.1, -0.05) is 41.6 Å². The first-order chi connectivity index (χ1) is 19.7. The number of aromatic nitrogens is 7. The quantitative estimate of drug-likeness (QED) is 0.257. The summed E-state index contributed by atoms with van der Waals surface area (Å²) in [5.41, 5.74) is 2.66. The van der Waals surface area contributed by atoms with E-state index in [0.717, 1.165) is 16.6 Å². The molecule has 0 saturated carbocycles. The van der Waals surface area contributed by atoms with Crippen molar-refractivity contribution in [2.45, 2.75) is 19.8 Å². The van der Waals surface area contributed by atoms with Gasteiger partial charge in [0.25, 0.3) is 5.89 Å². The van der Waals surface area contributed by atoms with Gasteiger partial charge in [-0.05, 0) is 24.3 Å². The van der Waals surface area contributed by atoms with E-state index in [4.69, 9.17) is 24.1 Å². The van der Waals surface area contributed by atoms with Crippen LogP contribution in [-0.4, -0.2) is 42.0 Å². The van der Waals surface area contributed by atoms with Crippen molar-refractivity contribution in [3.8, 4) is 17.3 Å². The fourth-order valence-corrected chi connectivity index (χ4v) is 4.13. The second-order valence-electron chi connectivity index (χ2n) is 8.71.